The third-order valence-electron chi connectivity index (χ3n) is 3.07. The molecule has 5 heteroatoms. The average molecular weight is 297 g/mol. The molecule has 0 spiro atoms. The van der Waals surface area contributed by atoms with Crippen LogP contribution in [0.5, 0.6) is 0 Å². The van der Waals surface area contributed by atoms with Gasteiger partial charge >= 0.3 is 0 Å². The third kappa shape index (κ3) is 4.52. The Labute approximate surface area is 122 Å². The Hall–Kier alpha value is -1.01. The minimum atomic E-state index is -0.145. The van der Waals surface area contributed by atoms with Crippen molar-refractivity contribution in [1.82, 2.24) is 5.32 Å². The largest absolute Gasteiger partial charge is 0.395 e. The molecule has 0 unspecified atom stereocenters. The summed E-state index contributed by atoms with van der Waals surface area (Å²) in [5, 5.41) is 14.7. The van der Waals surface area contributed by atoms with Gasteiger partial charge in [0.15, 0.2) is 0 Å². The number of hydrogen-bond donors (Lipinski definition) is 2. The van der Waals surface area contributed by atoms with Crippen molar-refractivity contribution >= 4 is 21.4 Å². The van der Waals surface area contributed by atoms with Gasteiger partial charge < -0.3 is 15.2 Å². The molecule has 0 radical (unpaired) electrons. The average Bonchev–Trinajstić information content (AvgIpc) is 2.88. The van der Waals surface area contributed by atoms with E-state index in [1.165, 1.54) is 0 Å². The zero-order chi connectivity index (χ0) is 14.2. The molecule has 20 heavy (non-hydrogen) atoms. The van der Waals surface area contributed by atoms with Crippen molar-refractivity contribution in [2.75, 3.05) is 32.9 Å². The summed E-state index contributed by atoms with van der Waals surface area (Å²) < 4.78 is 20.3. The molecule has 0 bridgehead atoms. The predicted molar refractivity (Wildman–Crippen MR) is 80.9 cm³/mol. The van der Waals surface area contributed by atoms with Gasteiger partial charge in [-0.05, 0) is 53.9 Å². The van der Waals surface area contributed by atoms with Crippen LogP contribution in [0.25, 0.3) is 10.1 Å². The van der Waals surface area contributed by atoms with Crippen LogP contribution in [0.4, 0.5) is 4.39 Å². The standard InChI is InChI=1S/C15H20FNO2S/c16-14-11-15-13(3-9-20-15)10-12(14)2-8-19-7-1-4-17-5-6-18/h3,9-11,17-18H,1-2,4-8H2. The Morgan fingerprint density at radius 1 is 1.25 bits per heavy atom. The molecule has 2 N–H and O–H groups in total. The summed E-state index contributed by atoms with van der Waals surface area (Å²) in [7, 11) is 0. The Bertz CT molecular complexity index is 530. The number of aliphatic hydroxyl groups is 1. The topological polar surface area (TPSA) is 41.5 Å². The van der Waals surface area contributed by atoms with Crippen molar-refractivity contribution in [2.24, 2.45) is 0 Å². The van der Waals surface area contributed by atoms with Gasteiger partial charge in [-0.25, -0.2) is 4.39 Å². The third-order valence-corrected chi connectivity index (χ3v) is 3.95. The second kappa shape index (κ2) is 8.32. The van der Waals surface area contributed by atoms with Gasteiger partial charge in [-0.1, -0.05) is 0 Å². The zero-order valence-electron chi connectivity index (χ0n) is 11.4. The van der Waals surface area contributed by atoms with Crippen LogP contribution in [0.3, 0.4) is 0 Å². The number of thiophene rings is 1. The molecular formula is C15H20FNO2S. The van der Waals surface area contributed by atoms with Crippen LogP contribution >= 0.6 is 11.3 Å². The van der Waals surface area contributed by atoms with E-state index < -0.39 is 0 Å². The van der Waals surface area contributed by atoms with Gasteiger partial charge in [0.25, 0.3) is 0 Å². The summed E-state index contributed by atoms with van der Waals surface area (Å²) in [5.41, 5.74) is 0.717. The number of rotatable bonds is 9. The Kier molecular flexibility index (Phi) is 6.39. The number of benzene rings is 1. The van der Waals surface area contributed by atoms with Crippen molar-refractivity contribution in [1.29, 1.82) is 0 Å². The minimum Gasteiger partial charge on any atom is -0.395 e. The van der Waals surface area contributed by atoms with Crippen LogP contribution < -0.4 is 5.32 Å². The lowest BCUT2D eigenvalue weighted by Crippen LogP contribution is -2.20. The molecular weight excluding hydrogens is 277 g/mol. The molecule has 2 aromatic rings. The van der Waals surface area contributed by atoms with E-state index in [1.54, 1.807) is 17.4 Å². The van der Waals surface area contributed by atoms with Gasteiger partial charge in [-0.3, -0.25) is 0 Å². The Morgan fingerprint density at radius 2 is 2.15 bits per heavy atom. The Morgan fingerprint density at radius 3 is 3.00 bits per heavy atom. The number of aliphatic hydroxyl groups excluding tert-OH is 1. The second-order valence-corrected chi connectivity index (χ2v) is 5.54. The van der Waals surface area contributed by atoms with E-state index >= 15 is 0 Å². The van der Waals surface area contributed by atoms with E-state index in [0.29, 0.717) is 31.7 Å². The molecule has 1 heterocycles. The van der Waals surface area contributed by atoms with Gasteiger partial charge in [0.2, 0.25) is 0 Å². The van der Waals surface area contributed by atoms with Gasteiger partial charge in [-0.2, -0.15) is 0 Å². The summed E-state index contributed by atoms with van der Waals surface area (Å²) in [6.07, 6.45) is 1.49. The molecule has 0 fully saturated rings. The van der Waals surface area contributed by atoms with E-state index in [-0.39, 0.29) is 12.4 Å². The van der Waals surface area contributed by atoms with E-state index in [4.69, 9.17) is 9.84 Å². The number of fused-ring (bicyclic) bond motifs is 1. The highest BCUT2D eigenvalue weighted by molar-refractivity contribution is 7.17. The number of halogens is 1. The molecule has 0 saturated carbocycles. The first-order valence-electron chi connectivity index (χ1n) is 6.86. The number of nitrogens with one attached hydrogen (secondary N) is 1. The Balaban J connectivity index is 1.69. The number of ether oxygens (including phenoxy) is 1. The van der Waals surface area contributed by atoms with Gasteiger partial charge in [0.1, 0.15) is 5.82 Å². The molecule has 1 aromatic carbocycles. The molecule has 3 nitrogen and oxygen atoms in total. The van der Waals surface area contributed by atoms with Crippen molar-refractivity contribution in [3.8, 4) is 0 Å². The highest BCUT2D eigenvalue weighted by Gasteiger charge is 2.05. The first kappa shape index (κ1) is 15.4. The lowest BCUT2D eigenvalue weighted by atomic mass is 10.1. The number of hydrogen-bond acceptors (Lipinski definition) is 4. The summed E-state index contributed by atoms with van der Waals surface area (Å²) in [6, 6.07) is 5.53. The summed E-state index contributed by atoms with van der Waals surface area (Å²) >= 11 is 1.56. The van der Waals surface area contributed by atoms with Gasteiger partial charge in [0, 0.05) is 17.9 Å². The van der Waals surface area contributed by atoms with Crippen LogP contribution in [0.15, 0.2) is 23.6 Å². The van der Waals surface area contributed by atoms with E-state index in [9.17, 15) is 4.39 Å². The van der Waals surface area contributed by atoms with Gasteiger partial charge in [0.05, 0.1) is 13.2 Å². The lowest BCUT2D eigenvalue weighted by Gasteiger charge is -2.06. The molecule has 0 aliphatic carbocycles. The normalized spacial score (nSPS) is 11.3. The van der Waals surface area contributed by atoms with Crippen molar-refractivity contribution in [3.63, 3.8) is 0 Å². The fourth-order valence-electron chi connectivity index (χ4n) is 2.01. The summed E-state index contributed by atoms with van der Waals surface area (Å²) in [6.45, 7) is 2.79. The van der Waals surface area contributed by atoms with Crippen molar-refractivity contribution in [3.05, 3.63) is 35.0 Å². The van der Waals surface area contributed by atoms with E-state index in [1.807, 2.05) is 17.5 Å². The molecule has 110 valence electrons. The molecule has 0 amide bonds. The smallest absolute Gasteiger partial charge is 0.127 e. The molecule has 0 aliphatic rings. The summed E-state index contributed by atoms with van der Waals surface area (Å²) in [4.78, 5) is 0. The summed E-state index contributed by atoms with van der Waals surface area (Å²) in [5.74, 6) is -0.145. The molecule has 2 rings (SSSR count). The van der Waals surface area contributed by atoms with E-state index in [0.717, 1.165) is 23.1 Å². The van der Waals surface area contributed by atoms with Crippen molar-refractivity contribution < 1.29 is 14.2 Å². The monoisotopic (exact) mass is 297 g/mol. The minimum absolute atomic E-state index is 0.145. The highest BCUT2D eigenvalue weighted by atomic mass is 32.1. The predicted octanol–water partition coefficient (Wildman–Crippen LogP) is 2.57. The van der Waals surface area contributed by atoms with Crippen LogP contribution in [-0.2, 0) is 11.2 Å². The maximum Gasteiger partial charge on any atom is 0.127 e. The van der Waals surface area contributed by atoms with Gasteiger partial charge in [-0.15, -0.1) is 11.3 Å². The SMILES string of the molecule is OCCNCCCOCCc1cc2ccsc2cc1F. The fourth-order valence-corrected chi connectivity index (χ4v) is 2.81. The van der Waals surface area contributed by atoms with E-state index in [2.05, 4.69) is 5.32 Å². The quantitative estimate of drug-likeness (QED) is 0.699. The first-order valence-corrected chi connectivity index (χ1v) is 7.74. The maximum atomic E-state index is 13.8. The maximum absolute atomic E-state index is 13.8. The highest BCUT2D eigenvalue weighted by Crippen LogP contribution is 2.24. The molecule has 1 aromatic heterocycles. The first-order chi connectivity index (χ1) is 9.81. The lowest BCUT2D eigenvalue weighted by molar-refractivity contribution is 0.133. The molecule has 0 aliphatic heterocycles. The second-order valence-electron chi connectivity index (χ2n) is 4.59. The van der Waals surface area contributed by atoms with Crippen LogP contribution in [-0.4, -0.2) is 38.0 Å². The molecule has 0 saturated heterocycles. The van der Waals surface area contributed by atoms with Crippen molar-refractivity contribution in [2.45, 2.75) is 12.8 Å². The van der Waals surface area contributed by atoms with Crippen LogP contribution in [0.2, 0.25) is 0 Å². The fraction of sp³-hybridized carbons (Fsp3) is 0.467. The molecule has 0 atom stereocenters. The van der Waals surface area contributed by atoms with Crippen LogP contribution in [0.1, 0.15) is 12.0 Å². The van der Waals surface area contributed by atoms with Crippen LogP contribution in [0, 0.1) is 5.82 Å². The zero-order valence-corrected chi connectivity index (χ0v) is 12.2.